The zero-order chi connectivity index (χ0) is 23.0. The van der Waals surface area contributed by atoms with E-state index in [-0.39, 0.29) is 17.5 Å². The summed E-state index contributed by atoms with van der Waals surface area (Å²) in [5.41, 5.74) is 5.66. The molecule has 0 radical (unpaired) electrons. The molecular formula is C28H35FOS. The topological polar surface area (TPSA) is 9.23 Å². The lowest BCUT2D eigenvalue weighted by molar-refractivity contribution is 0.284. The maximum Gasteiger partial charge on any atom is 0.130 e. The molecule has 0 saturated heterocycles. The summed E-state index contributed by atoms with van der Waals surface area (Å²) in [7, 11) is 0. The molecule has 31 heavy (non-hydrogen) atoms. The van der Waals surface area contributed by atoms with Gasteiger partial charge in [-0.15, -0.1) is 11.3 Å². The second-order valence-corrected chi connectivity index (χ2v) is 11.5. The zero-order valence-corrected chi connectivity index (χ0v) is 20.8. The first-order chi connectivity index (χ1) is 14.4. The second-order valence-electron chi connectivity index (χ2n) is 10.4. The maximum atomic E-state index is 12.9. The molecule has 0 spiro atoms. The average molecular weight is 439 g/mol. The van der Waals surface area contributed by atoms with Crippen LogP contribution in [0.15, 0.2) is 43.0 Å². The van der Waals surface area contributed by atoms with Crippen LogP contribution in [0.1, 0.15) is 70.9 Å². The van der Waals surface area contributed by atoms with Crippen molar-refractivity contribution in [2.75, 3.05) is 13.3 Å². The van der Waals surface area contributed by atoms with Crippen LogP contribution in [-0.4, -0.2) is 13.3 Å². The number of hydrogen-bond donors (Lipinski definition) is 0. The molecule has 0 N–H and O–H groups in total. The van der Waals surface area contributed by atoms with Crippen LogP contribution >= 0.6 is 11.3 Å². The van der Waals surface area contributed by atoms with Crippen molar-refractivity contribution in [1.82, 2.24) is 0 Å². The minimum absolute atomic E-state index is 0.00236. The van der Waals surface area contributed by atoms with E-state index in [0.29, 0.717) is 13.0 Å². The SMILES string of the molecule is C=C(C)c1cc2c(-c3cc(C(C)(C)C)cc(C(C)(C)C)c3OCCCF)cccc2s1. The Bertz CT molecular complexity index is 1090. The minimum Gasteiger partial charge on any atom is -0.493 e. The summed E-state index contributed by atoms with van der Waals surface area (Å²) in [5, 5.41) is 1.21. The number of ether oxygens (including phenoxy) is 1. The average Bonchev–Trinajstić information content (AvgIpc) is 3.11. The molecule has 0 amide bonds. The molecular weight excluding hydrogens is 403 g/mol. The number of alkyl halides is 1. The molecule has 0 atom stereocenters. The van der Waals surface area contributed by atoms with Crippen LogP contribution in [0.4, 0.5) is 4.39 Å². The smallest absolute Gasteiger partial charge is 0.130 e. The first-order valence-electron chi connectivity index (χ1n) is 11.0. The first-order valence-corrected chi connectivity index (χ1v) is 11.8. The number of thiophene rings is 1. The summed E-state index contributed by atoms with van der Waals surface area (Å²) in [6, 6.07) is 13.2. The largest absolute Gasteiger partial charge is 0.493 e. The Labute approximate surface area is 191 Å². The predicted octanol–water partition coefficient (Wildman–Crippen LogP) is 8.93. The third-order valence-electron chi connectivity index (χ3n) is 5.56. The number of fused-ring (bicyclic) bond motifs is 1. The Hall–Kier alpha value is -2.13. The van der Waals surface area contributed by atoms with Crippen LogP contribution in [-0.2, 0) is 10.8 Å². The molecule has 0 saturated carbocycles. The van der Waals surface area contributed by atoms with Crippen LogP contribution in [0.3, 0.4) is 0 Å². The van der Waals surface area contributed by atoms with E-state index in [2.05, 4.69) is 84.5 Å². The Morgan fingerprint density at radius 3 is 2.29 bits per heavy atom. The van der Waals surface area contributed by atoms with Crippen LogP contribution < -0.4 is 4.74 Å². The van der Waals surface area contributed by atoms with E-state index < -0.39 is 0 Å². The van der Waals surface area contributed by atoms with E-state index in [1.807, 2.05) is 6.92 Å². The lowest BCUT2D eigenvalue weighted by Gasteiger charge is -2.29. The van der Waals surface area contributed by atoms with Crippen molar-refractivity contribution in [3.63, 3.8) is 0 Å². The van der Waals surface area contributed by atoms with Crippen molar-refractivity contribution in [3.05, 3.63) is 59.0 Å². The normalized spacial score (nSPS) is 12.4. The van der Waals surface area contributed by atoms with E-state index in [0.717, 1.165) is 22.4 Å². The van der Waals surface area contributed by atoms with Gasteiger partial charge in [0.15, 0.2) is 0 Å². The lowest BCUT2D eigenvalue weighted by Crippen LogP contribution is -2.19. The van der Waals surface area contributed by atoms with Gasteiger partial charge in [-0.1, -0.05) is 66.3 Å². The van der Waals surface area contributed by atoms with Crippen LogP contribution in [0.2, 0.25) is 0 Å². The van der Waals surface area contributed by atoms with E-state index in [4.69, 9.17) is 4.74 Å². The summed E-state index contributed by atoms with van der Waals surface area (Å²) >= 11 is 1.77. The fourth-order valence-electron chi connectivity index (χ4n) is 3.71. The summed E-state index contributed by atoms with van der Waals surface area (Å²) in [6.07, 6.45) is 0.395. The fraction of sp³-hybridized carbons (Fsp3) is 0.429. The van der Waals surface area contributed by atoms with Crippen molar-refractivity contribution in [3.8, 4) is 16.9 Å². The van der Waals surface area contributed by atoms with Crippen LogP contribution in [0, 0.1) is 0 Å². The van der Waals surface area contributed by atoms with Gasteiger partial charge in [0.05, 0.1) is 13.3 Å². The van der Waals surface area contributed by atoms with Crippen molar-refractivity contribution < 1.29 is 9.13 Å². The van der Waals surface area contributed by atoms with E-state index >= 15 is 0 Å². The Balaban J connectivity index is 2.36. The molecule has 3 rings (SSSR count). The molecule has 3 heteroatoms. The summed E-state index contributed by atoms with van der Waals surface area (Å²) < 4.78 is 20.4. The van der Waals surface area contributed by atoms with E-state index in [9.17, 15) is 4.39 Å². The van der Waals surface area contributed by atoms with Gasteiger partial charge in [-0.25, -0.2) is 0 Å². The molecule has 0 unspecified atom stereocenters. The van der Waals surface area contributed by atoms with E-state index in [1.54, 1.807) is 11.3 Å². The van der Waals surface area contributed by atoms with Crippen molar-refractivity contribution in [2.24, 2.45) is 0 Å². The highest BCUT2D eigenvalue weighted by Crippen LogP contribution is 2.46. The monoisotopic (exact) mass is 438 g/mol. The maximum absolute atomic E-state index is 12.9. The molecule has 3 aromatic rings. The van der Waals surface area contributed by atoms with Crippen LogP contribution in [0.5, 0.6) is 5.75 Å². The van der Waals surface area contributed by atoms with Gasteiger partial charge in [0.1, 0.15) is 5.75 Å². The van der Waals surface area contributed by atoms with Crippen LogP contribution in [0.25, 0.3) is 26.8 Å². The Kier molecular flexibility index (Phi) is 6.67. The molecule has 2 aromatic carbocycles. The van der Waals surface area contributed by atoms with Gasteiger partial charge in [0.2, 0.25) is 0 Å². The highest BCUT2D eigenvalue weighted by molar-refractivity contribution is 7.20. The molecule has 0 aliphatic heterocycles. The molecule has 1 heterocycles. The fourth-order valence-corrected chi connectivity index (χ4v) is 4.72. The van der Waals surface area contributed by atoms with Gasteiger partial charge in [-0.05, 0) is 52.7 Å². The van der Waals surface area contributed by atoms with Gasteiger partial charge in [0.25, 0.3) is 0 Å². The number of hydrogen-bond acceptors (Lipinski definition) is 2. The molecule has 0 aliphatic rings. The van der Waals surface area contributed by atoms with Crippen molar-refractivity contribution >= 4 is 27.0 Å². The van der Waals surface area contributed by atoms with Gasteiger partial charge in [0, 0.05) is 32.5 Å². The molecule has 0 bridgehead atoms. The highest BCUT2D eigenvalue weighted by Gasteiger charge is 2.27. The molecule has 1 nitrogen and oxygen atoms in total. The first kappa shape index (κ1) is 23.5. The highest BCUT2D eigenvalue weighted by atomic mass is 32.1. The van der Waals surface area contributed by atoms with Gasteiger partial charge < -0.3 is 4.74 Å². The summed E-state index contributed by atoms with van der Waals surface area (Å²) in [5.74, 6) is 0.879. The van der Waals surface area contributed by atoms with E-state index in [1.165, 1.54) is 26.1 Å². The summed E-state index contributed by atoms with van der Waals surface area (Å²) in [6.45, 7) is 19.6. The van der Waals surface area contributed by atoms with Crippen molar-refractivity contribution in [1.29, 1.82) is 0 Å². The number of halogens is 1. The minimum atomic E-state index is -0.373. The number of benzene rings is 2. The van der Waals surface area contributed by atoms with Gasteiger partial charge in [-0.2, -0.15) is 0 Å². The summed E-state index contributed by atoms with van der Waals surface area (Å²) in [4.78, 5) is 1.20. The quantitative estimate of drug-likeness (QED) is 0.349. The van der Waals surface area contributed by atoms with Gasteiger partial charge >= 0.3 is 0 Å². The number of allylic oxidation sites excluding steroid dienone is 1. The third-order valence-corrected chi connectivity index (χ3v) is 6.82. The molecule has 1 aromatic heterocycles. The Morgan fingerprint density at radius 2 is 1.71 bits per heavy atom. The second kappa shape index (κ2) is 8.78. The standard InChI is InChI=1S/C28H35FOS/c1-18(2)25-17-21-20(11-9-12-24(21)31-25)22-15-19(27(3,4)5)16-23(28(6,7)8)26(22)30-14-10-13-29/h9,11-12,15-17H,1,10,13-14H2,2-8H3. The predicted molar refractivity (Wildman–Crippen MR) is 135 cm³/mol. The molecule has 166 valence electrons. The van der Waals surface area contributed by atoms with Crippen molar-refractivity contribution in [2.45, 2.75) is 65.7 Å². The zero-order valence-electron chi connectivity index (χ0n) is 20.0. The molecule has 0 fully saturated rings. The third kappa shape index (κ3) is 5.03. The molecule has 0 aliphatic carbocycles. The Morgan fingerprint density at radius 1 is 1.00 bits per heavy atom. The number of rotatable bonds is 6. The lowest BCUT2D eigenvalue weighted by atomic mass is 9.78. The van der Waals surface area contributed by atoms with Gasteiger partial charge in [-0.3, -0.25) is 4.39 Å².